The largest absolute Gasteiger partial charge is 0.486 e. The van der Waals surface area contributed by atoms with Gasteiger partial charge in [0.15, 0.2) is 17.5 Å². The van der Waals surface area contributed by atoms with Crippen molar-refractivity contribution in [1.82, 2.24) is 29.1 Å². The molecule has 0 aliphatic rings. The van der Waals surface area contributed by atoms with Crippen molar-refractivity contribution in [1.29, 1.82) is 0 Å². The molecule has 9 heteroatoms. The highest BCUT2D eigenvalue weighted by atomic mass is 19.1. The summed E-state index contributed by atoms with van der Waals surface area (Å²) < 4.78 is 40.7. The van der Waals surface area contributed by atoms with Crippen molar-refractivity contribution in [2.24, 2.45) is 0 Å². The summed E-state index contributed by atoms with van der Waals surface area (Å²) in [5.41, 5.74) is 2.97. The van der Waals surface area contributed by atoms with E-state index in [1.165, 1.54) is 6.07 Å². The molecule has 7 nitrogen and oxygen atoms in total. The van der Waals surface area contributed by atoms with Gasteiger partial charge in [0.1, 0.15) is 39.7 Å². The predicted molar refractivity (Wildman–Crippen MR) is 150 cm³/mol. The first-order chi connectivity index (χ1) is 18.2. The highest BCUT2D eigenvalue weighted by Crippen LogP contribution is 2.36. The number of hydrogen-bond donors (Lipinski definition) is 0. The topological polar surface area (TPSA) is 70.7 Å². The van der Waals surface area contributed by atoms with Crippen molar-refractivity contribution in [3.8, 4) is 28.4 Å². The Morgan fingerprint density at radius 2 is 1.31 bits per heavy atom. The molecule has 0 radical (unpaired) electrons. The summed E-state index contributed by atoms with van der Waals surface area (Å²) in [6, 6.07) is 7.01. The van der Waals surface area contributed by atoms with Crippen molar-refractivity contribution in [3.63, 3.8) is 0 Å². The van der Waals surface area contributed by atoms with Crippen LogP contribution in [0.2, 0.25) is 0 Å². The van der Waals surface area contributed by atoms with Crippen molar-refractivity contribution < 1.29 is 13.5 Å². The van der Waals surface area contributed by atoms with Crippen LogP contribution in [0.15, 0.2) is 30.5 Å². The van der Waals surface area contributed by atoms with E-state index in [1.807, 2.05) is 65.2 Å². The molecule has 0 bridgehead atoms. The number of halogens is 2. The molecule has 2 aromatic carbocycles. The van der Waals surface area contributed by atoms with Gasteiger partial charge in [0.2, 0.25) is 0 Å². The maximum absolute atomic E-state index is 15.2. The zero-order valence-corrected chi connectivity index (χ0v) is 23.9. The van der Waals surface area contributed by atoms with Gasteiger partial charge in [-0.1, -0.05) is 0 Å². The Kier molecular flexibility index (Phi) is 6.44. The molecule has 3 aromatic heterocycles. The average molecular weight is 533 g/mol. The highest BCUT2D eigenvalue weighted by molar-refractivity contribution is 5.88. The minimum Gasteiger partial charge on any atom is -0.486 e. The molecule has 3 heterocycles. The number of benzene rings is 2. The van der Waals surface area contributed by atoms with Crippen LogP contribution in [-0.2, 0) is 0 Å². The zero-order valence-electron chi connectivity index (χ0n) is 23.9. The van der Waals surface area contributed by atoms with Crippen LogP contribution >= 0.6 is 0 Å². The van der Waals surface area contributed by atoms with E-state index in [2.05, 4.69) is 33.4 Å². The first-order valence-corrected chi connectivity index (χ1v) is 13.2. The lowest BCUT2D eigenvalue weighted by atomic mass is 10.1. The number of nitrogens with zero attached hydrogens (tertiary/aromatic N) is 6. The molecule has 0 spiro atoms. The third-order valence-electron chi connectivity index (χ3n) is 6.59. The Labute approximate surface area is 226 Å². The van der Waals surface area contributed by atoms with E-state index in [9.17, 15) is 0 Å². The summed E-state index contributed by atoms with van der Waals surface area (Å²) in [5.74, 6) is 1.28. The lowest BCUT2D eigenvalue weighted by Crippen LogP contribution is -2.23. The van der Waals surface area contributed by atoms with Gasteiger partial charge in [0.25, 0.3) is 0 Å². The molecule has 0 amide bonds. The number of imidazole rings is 2. The van der Waals surface area contributed by atoms with E-state index < -0.39 is 17.2 Å². The van der Waals surface area contributed by atoms with Crippen LogP contribution in [0.1, 0.15) is 72.2 Å². The normalized spacial score (nSPS) is 12.4. The van der Waals surface area contributed by atoms with Crippen molar-refractivity contribution >= 4 is 22.1 Å². The molecule has 0 fully saturated rings. The molecular formula is C30H34F2N6O. The maximum Gasteiger partial charge on any atom is 0.167 e. The van der Waals surface area contributed by atoms with Crippen LogP contribution in [0.25, 0.3) is 44.7 Å². The smallest absolute Gasteiger partial charge is 0.167 e. The van der Waals surface area contributed by atoms with Gasteiger partial charge >= 0.3 is 0 Å². The van der Waals surface area contributed by atoms with Crippen molar-refractivity contribution in [2.45, 2.75) is 80.0 Å². The number of ether oxygens (including phenoxy) is 1. The van der Waals surface area contributed by atoms with Gasteiger partial charge in [0.05, 0.1) is 17.2 Å². The standard InChI is InChI=1S/C30H34F2N6O/c1-15(2)37-17(5)34-27-21(31)10-19(11-23(27)37)26-22(32)14-33-29(36-26)20-12-24-28(25(13-20)39-30(7,8)9)35-18(6)38(24)16(3)4/h10-16H,1-9H3. The maximum atomic E-state index is 15.2. The fourth-order valence-corrected chi connectivity index (χ4v) is 5.23. The number of fused-ring (bicyclic) bond motifs is 2. The fourth-order valence-electron chi connectivity index (χ4n) is 5.23. The van der Waals surface area contributed by atoms with E-state index in [1.54, 1.807) is 6.07 Å². The molecule has 204 valence electrons. The molecular weight excluding hydrogens is 498 g/mol. The molecule has 0 saturated carbocycles. The Morgan fingerprint density at radius 1 is 0.744 bits per heavy atom. The third kappa shape index (κ3) is 4.75. The Bertz CT molecular complexity index is 1730. The van der Waals surface area contributed by atoms with Gasteiger partial charge in [0, 0.05) is 23.2 Å². The van der Waals surface area contributed by atoms with Crippen LogP contribution in [0.3, 0.4) is 0 Å². The number of aryl methyl sites for hydroxylation is 2. The molecule has 0 aliphatic carbocycles. The van der Waals surface area contributed by atoms with Gasteiger partial charge in [-0.05, 0) is 86.6 Å². The quantitative estimate of drug-likeness (QED) is 0.231. The molecule has 0 atom stereocenters. The molecule has 0 saturated heterocycles. The highest BCUT2D eigenvalue weighted by Gasteiger charge is 2.23. The number of rotatable bonds is 5. The molecule has 0 N–H and O–H groups in total. The Morgan fingerprint density at radius 3 is 1.90 bits per heavy atom. The van der Waals surface area contributed by atoms with Crippen LogP contribution in [0.5, 0.6) is 5.75 Å². The SMILES string of the molecule is Cc1nc2c(F)cc(-c3nc(-c4cc(OC(C)(C)C)c5nc(C)n(C(C)C)c5c4)ncc3F)cc2n1C(C)C. The van der Waals surface area contributed by atoms with Crippen LogP contribution < -0.4 is 4.74 Å². The second-order valence-corrected chi connectivity index (χ2v) is 11.5. The lowest BCUT2D eigenvalue weighted by molar-refractivity contribution is 0.133. The molecule has 5 aromatic rings. The molecule has 39 heavy (non-hydrogen) atoms. The van der Waals surface area contributed by atoms with Crippen molar-refractivity contribution in [3.05, 3.63) is 53.7 Å². The first kappa shape index (κ1) is 26.7. The minimum atomic E-state index is -0.639. The number of hydrogen-bond acceptors (Lipinski definition) is 5. The van der Waals surface area contributed by atoms with E-state index in [0.29, 0.717) is 34.0 Å². The second kappa shape index (κ2) is 9.39. The number of aromatic nitrogens is 6. The van der Waals surface area contributed by atoms with E-state index >= 15 is 8.78 Å². The fraction of sp³-hybridized carbons (Fsp3) is 0.400. The average Bonchev–Trinajstić information content (AvgIpc) is 3.34. The summed E-state index contributed by atoms with van der Waals surface area (Å²) in [5, 5.41) is 0. The van der Waals surface area contributed by atoms with Gasteiger partial charge in [-0.25, -0.2) is 28.7 Å². The van der Waals surface area contributed by atoms with Crippen LogP contribution in [-0.4, -0.2) is 34.7 Å². The van der Waals surface area contributed by atoms with E-state index in [-0.39, 0.29) is 23.3 Å². The second-order valence-electron chi connectivity index (χ2n) is 11.5. The Hall–Kier alpha value is -3.88. The minimum absolute atomic E-state index is 0.0156. The summed E-state index contributed by atoms with van der Waals surface area (Å²) in [6.45, 7) is 17.9. The third-order valence-corrected chi connectivity index (χ3v) is 6.59. The molecule has 0 aliphatic heterocycles. The van der Waals surface area contributed by atoms with Crippen molar-refractivity contribution in [2.75, 3.05) is 0 Å². The first-order valence-electron chi connectivity index (χ1n) is 13.2. The molecule has 0 unspecified atom stereocenters. The van der Waals surface area contributed by atoms with Gasteiger partial charge in [-0.3, -0.25) is 0 Å². The summed E-state index contributed by atoms with van der Waals surface area (Å²) in [7, 11) is 0. The van der Waals surface area contributed by atoms with E-state index in [4.69, 9.17) is 9.72 Å². The zero-order chi connectivity index (χ0) is 28.4. The van der Waals surface area contributed by atoms with Gasteiger partial charge in [-0.2, -0.15) is 0 Å². The monoisotopic (exact) mass is 532 g/mol. The summed E-state index contributed by atoms with van der Waals surface area (Å²) >= 11 is 0. The van der Waals surface area contributed by atoms with Crippen LogP contribution in [0, 0.1) is 25.5 Å². The van der Waals surface area contributed by atoms with Crippen LogP contribution in [0.4, 0.5) is 8.78 Å². The van der Waals surface area contributed by atoms with Gasteiger partial charge in [-0.15, -0.1) is 0 Å². The summed E-state index contributed by atoms with van der Waals surface area (Å²) in [6.07, 6.45) is 1.13. The summed E-state index contributed by atoms with van der Waals surface area (Å²) in [4.78, 5) is 18.1. The molecule has 5 rings (SSSR count). The lowest BCUT2D eigenvalue weighted by Gasteiger charge is -2.22. The Balaban J connectivity index is 1.72. The van der Waals surface area contributed by atoms with Gasteiger partial charge < -0.3 is 13.9 Å². The predicted octanol–water partition coefficient (Wildman–Crippen LogP) is 7.74. The van der Waals surface area contributed by atoms with E-state index in [0.717, 1.165) is 23.1 Å².